The van der Waals surface area contributed by atoms with Crippen molar-refractivity contribution in [3.8, 4) is 22.9 Å². The van der Waals surface area contributed by atoms with Gasteiger partial charge in [-0.3, -0.25) is 0 Å². The Morgan fingerprint density at radius 1 is 0.872 bits per heavy atom. The molecule has 1 saturated heterocycles. The predicted molar refractivity (Wildman–Crippen MR) is 150 cm³/mol. The third kappa shape index (κ3) is 5.26. The summed E-state index contributed by atoms with van der Waals surface area (Å²) in [5.41, 5.74) is 2.30. The average molecular weight is 523 g/mol. The van der Waals surface area contributed by atoms with Crippen LogP contribution < -0.4 is 20.3 Å². The Balaban J connectivity index is 1.22. The topological polar surface area (TPSA) is 101 Å². The summed E-state index contributed by atoms with van der Waals surface area (Å²) >= 11 is 0. The average Bonchev–Trinajstić information content (AvgIpc) is 2.99. The van der Waals surface area contributed by atoms with Crippen LogP contribution in [0.15, 0.2) is 79.1 Å². The number of benzene rings is 2. The van der Waals surface area contributed by atoms with E-state index in [-0.39, 0.29) is 0 Å². The molecule has 4 heterocycles. The normalized spacial score (nSPS) is 13.8. The summed E-state index contributed by atoms with van der Waals surface area (Å²) in [5.74, 6) is 3.04. The Morgan fingerprint density at radius 2 is 1.67 bits per heavy atom. The summed E-state index contributed by atoms with van der Waals surface area (Å²) in [6.07, 6.45) is 3.66. The number of ether oxygens (including phenoxy) is 1. The zero-order chi connectivity index (χ0) is 26.6. The molecule has 10 heteroatoms. The highest BCUT2D eigenvalue weighted by atomic mass is 19.1. The number of anilines is 4. The maximum absolute atomic E-state index is 13.7. The van der Waals surface area contributed by atoms with Crippen molar-refractivity contribution in [2.24, 2.45) is 0 Å². The van der Waals surface area contributed by atoms with Gasteiger partial charge in [-0.1, -0.05) is 24.3 Å². The molecule has 1 fully saturated rings. The van der Waals surface area contributed by atoms with Gasteiger partial charge in [-0.25, -0.2) is 19.3 Å². The summed E-state index contributed by atoms with van der Waals surface area (Å²) in [4.78, 5) is 15.2. The van der Waals surface area contributed by atoms with Crippen LogP contribution >= 0.6 is 0 Å². The third-order valence-electron chi connectivity index (χ3n) is 6.65. The fourth-order valence-electron chi connectivity index (χ4n) is 4.63. The second kappa shape index (κ2) is 10.9. The molecule has 1 aliphatic rings. The van der Waals surface area contributed by atoms with Crippen LogP contribution in [0, 0.1) is 0 Å². The Kier molecular flexibility index (Phi) is 6.82. The number of rotatable bonds is 7. The van der Waals surface area contributed by atoms with Crippen LogP contribution in [0.25, 0.3) is 22.0 Å². The number of halogens is 1. The number of piperidine rings is 1. The van der Waals surface area contributed by atoms with Gasteiger partial charge in [0.15, 0.2) is 11.6 Å². The highest BCUT2D eigenvalue weighted by Gasteiger charge is 2.22. The summed E-state index contributed by atoms with van der Waals surface area (Å²) in [5, 5.41) is 17.3. The molecule has 0 saturated carbocycles. The highest BCUT2D eigenvalue weighted by molar-refractivity contribution is 5.99. The number of nitrogens with one attached hydrogen (secondary N) is 2. The smallest absolute Gasteiger partial charge is 0.228 e. The quantitative estimate of drug-likeness (QED) is 0.267. The molecule has 196 valence electrons. The fraction of sp³-hybridized carbons (Fsp3) is 0.207. The fourth-order valence-corrected chi connectivity index (χ4v) is 4.63. The highest BCUT2D eigenvalue weighted by Crippen LogP contribution is 2.33. The number of alkyl halides is 1. The van der Waals surface area contributed by atoms with Gasteiger partial charge >= 0.3 is 0 Å². The van der Waals surface area contributed by atoms with Crippen molar-refractivity contribution >= 4 is 34.0 Å². The first-order valence-corrected chi connectivity index (χ1v) is 12.8. The predicted octanol–water partition coefficient (Wildman–Crippen LogP) is 6.00. The number of aromatic nitrogens is 5. The van der Waals surface area contributed by atoms with Crippen molar-refractivity contribution in [1.29, 1.82) is 0 Å². The van der Waals surface area contributed by atoms with E-state index in [1.807, 2.05) is 66.7 Å². The number of hydrogen-bond acceptors (Lipinski definition) is 9. The molecule has 0 spiro atoms. The Hall–Kier alpha value is -4.86. The lowest BCUT2D eigenvalue weighted by molar-refractivity contribution is 0.277. The van der Waals surface area contributed by atoms with Gasteiger partial charge in [0.25, 0.3) is 0 Å². The Bertz CT molecular complexity index is 1590. The molecule has 0 bridgehead atoms. The first-order chi connectivity index (χ1) is 19.2. The molecule has 2 aromatic carbocycles. The first kappa shape index (κ1) is 24.5. The zero-order valence-electron chi connectivity index (χ0n) is 21.4. The number of nitrogens with zero attached hydrogens (tertiary/aromatic N) is 6. The van der Waals surface area contributed by atoms with E-state index in [0.717, 1.165) is 27.8 Å². The first-order valence-electron chi connectivity index (χ1n) is 12.8. The largest absolute Gasteiger partial charge is 0.438 e. The van der Waals surface area contributed by atoms with Gasteiger partial charge in [0, 0.05) is 49.0 Å². The van der Waals surface area contributed by atoms with Gasteiger partial charge < -0.3 is 20.3 Å². The molecule has 0 amide bonds. The molecule has 2 N–H and O–H groups in total. The monoisotopic (exact) mass is 522 g/mol. The molecule has 1 aliphatic heterocycles. The molecule has 0 unspecified atom stereocenters. The summed E-state index contributed by atoms with van der Waals surface area (Å²) in [7, 11) is 1.77. The van der Waals surface area contributed by atoms with E-state index in [1.165, 1.54) is 0 Å². The molecule has 0 atom stereocenters. The SMILES string of the molecule is CNc1nccc(-c2cccnc2Oc2ccc(Nc3nnc(N4CCC(F)CC4)c4ccccc34)cc2)n1. The van der Waals surface area contributed by atoms with Crippen LogP contribution in [0.2, 0.25) is 0 Å². The third-order valence-corrected chi connectivity index (χ3v) is 6.65. The van der Waals surface area contributed by atoms with Crippen LogP contribution in [0.3, 0.4) is 0 Å². The molecule has 0 aliphatic carbocycles. The lowest BCUT2D eigenvalue weighted by Crippen LogP contribution is -2.35. The minimum atomic E-state index is -0.740. The van der Waals surface area contributed by atoms with Crippen molar-refractivity contribution in [1.82, 2.24) is 25.1 Å². The minimum absolute atomic E-state index is 0.447. The maximum Gasteiger partial charge on any atom is 0.228 e. The second-order valence-electron chi connectivity index (χ2n) is 9.20. The maximum atomic E-state index is 13.7. The van der Waals surface area contributed by atoms with Crippen LogP contribution in [0.1, 0.15) is 12.8 Å². The molecule has 9 nitrogen and oxygen atoms in total. The summed E-state index contributed by atoms with van der Waals surface area (Å²) in [6.45, 7) is 1.28. The standard InChI is InChI=1S/C29H27FN8O/c1-31-29-33-16-12-25(35-29)24-7-4-15-32-28(24)39-21-10-8-20(9-11-21)34-26-22-5-2-3-6-23(22)27(37-36-26)38-17-13-19(30)14-18-38/h2-12,15-16,19H,13-14,17-18H2,1H3,(H,34,36)(H,31,33,35). The molecule has 3 aromatic heterocycles. The van der Waals surface area contributed by atoms with Crippen LogP contribution in [0.4, 0.5) is 27.7 Å². The second-order valence-corrected chi connectivity index (χ2v) is 9.20. The summed E-state index contributed by atoms with van der Waals surface area (Å²) in [6, 6.07) is 21.1. The lowest BCUT2D eigenvalue weighted by atomic mass is 10.1. The van der Waals surface area contributed by atoms with E-state index in [4.69, 9.17) is 4.74 Å². The Labute approximate surface area is 225 Å². The van der Waals surface area contributed by atoms with Gasteiger partial charge in [0.05, 0.1) is 11.3 Å². The minimum Gasteiger partial charge on any atom is -0.438 e. The lowest BCUT2D eigenvalue weighted by Gasteiger charge is -2.30. The zero-order valence-corrected chi connectivity index (χ0v) is 21.4. The van der Waals surface area contributed by atoms with Gasteiger partial charge in [-0.2, -0.15) is 0 Å². The molecule has 6 rings (SSSR count). The molecule has 0 radical (unpaired) electrons. The number of hydrogen-bond donors (Lipinski definition) is 2. The molecular weight excluding hydrogens is 495 g/mol. The van der Waals surface area contributed by atoms with Crippen molar-refractivity contribution in [3.63, 3.8) is 0 Å². The van der Waals surface area contributed by atoms with E-state index in [0.29, 0.717) is 55.0 Å². The van der Waals surface area contributed by atoms with Crippen molar-refractivity contribution in [2.75, 3.05) is 35.7 Å². The molecule has 39 heavy (non-hydrogen) atoms. The Morgan fingerprint density at radius 3 is 2.46 bits per heavy atom. The van der Waals surface area contributed by atoms with Gasteiger partial charge in [0.2, 0.25) is 11.8 Å². The number of pyridine rings is 1. The van der Waals surface area contributed by atoms with E-state index >= 15 is 0 Å². The molecular formula is C29H27FN8O. The van der Waals surface area contributed by atoms with E-state index in [2.05, 4.69) is 40.7 Å². The van der Waals surface area contributed by atoms with Crippen molar-refractivity contribution in [2.45, 2.75) is 19.0 Å². The van der Waals surface area contributed by atoms with Crippen LogP contribution in [-0.4, -0.2) is 51.5 Å². The van der Waals surface area contributed by atoms with E-state index < -0.39 is 6.17 Å². The van der Waals surface area contributed by atoms with Crippen LogP contribution in [-0.2, 0) is 0 Å². The van der Waals surface area contributed by atoms with Crippen LogP contribution in [0.5, 0.6) is 11.6 Å². The summed E-state index contributed by atoms with van der Waals surface area (Å²) < 4.78 is 19.8. The van der Waals surface area contributed by atoms with Crippen molar-refractivity contribution in [3.05, 3.63) is 79.1 Å². The molecule has 5 aromatic rings. The van der Waals surface area contributed by atoms with Crippen molar-refractivity contribution < 1.29 is 9.13 Å². The van der Waals surface area contributed by atoms with Gasteiger partial charge in [0.1, 0.15) is 11.9 Å². The number of fused-ring (bicyclic) bond motifs is 1. The van der Waals surface area contributed by atoms with E-state index in [9.17, 15) is 4.39 Å². The van der Waals surface area contributed by atoms with Gasteiger partial charge in [-0.15, -0.1) is 10.2 Å². The van der Waals surface area contributed by atoms with E-state index in [1.54, 1.807) is 19.4 Å². The van der Waals surface area contributed by atoms with Gasteiger partial charge in [-0.05, 0) is 55.3 Å².